The Morgan fingerprint density at radius 2 is 1.95 bits per heavy atom. The highest BCUT2D eigenvalue weighted by atomic mass is 16.3. The van der Waals surface area contributed by atoms with Gasteiger partial charge in [-0.3, -0.25) is 9.59 Å². The molecule has 1 saturated heterocycles. The average molecular weight is 290 g/mol. The van der Waals surface area contributed by atoms with Gasteiger partial charge in [0, 0.05) is 32.5 Å². The van der Waals surface area contributed by atoms with Crippen LogP contribution in [-0.2, 0) is 16.0 Å². The number of carbonyl (C=O) groups excluding carboxylic acids is 2. The van der Waals surface area contributed by atoms with Crippen LogP contribution in [0.15, 0.2) is 24.3 Å². The van der Waals surface area contributed by atoms with Crippen molar-refractivity contribution in [2.45, 2.75) is 26.3 Å². The third-order valence-electron chi connectivity index (χ3n) is 3.89. The molecule has 1 fully saturated rings. The summed E-state index contributed by atoms with van der Waals surface area (Å²) in [6.45, 7) is 4.39. The van der Waals surface area contributed by atoms with E-state index >= 15 is 0 Å². The molecule has 1 aliphatic rings. The third kappa shape index (κ3) is 4.04. The summed E-state index contributed by atoms with van der Waals surface area (Å²) in [6, 6.07) is 7.73. The lowest BCUT2D eigenvalue weighted by molar-refractivity contribution is -0.130. The van der Waals surface area contributed by atoms with Gasteiger partial charge < -0.3 is 15.3 Å². The standard InChI is InChI=1S/C16H22N2O3/c1-11-3-5-13(6-4-11)7-16(21)18-8-14(10-19)15(9-18)17-12(2)20/h3-6,14-15,19H,7-10H2,1-2H3,(H,17,20)/t14-,15+/m0/s1. The minimum atomic E-state index is -0.158. The maximum absolute atomic E-state index is 12.3. The van der Waals surface area contributed by atoms with E-state index in [2.05, 4.69) is 5.32 Å². The van der Waals surface area contributed by atoms with Crippen LogP contribution in [0.4, 0.5) is 0 Å². The van der Waals surface area contributed by atoms with Gasteiger partial charge in [0.05, 0.1) is 12.5 Å². The molecule has 1 heterocycles. The van der Waals surface area contributed by atoms with Crippen LogP contribution in [0.5, 0.6) is 0 Å². The lowest BCUT2D eigenvalue weighted by atomic mass is 10.1. The first-order valence-corrected chi connectivity index (χ1v) is 7.21. The zero-order chi connectivity index (χ0) is 15.4. The molecule has 5 nitrogen and oxygen atoms in total. The van der Waals surface area contributed by atoms with Crippen molar-refractivity contribution in [3.63, 3.8) is 0 Å². The molecule has 0 spiro atoms. The van der Waals surface area contributed by atoms with E-state index in [1.54, 1.807) is 4.90 Å². The molecule has 1 aromatic rings. The highest BCUT2D eigenvalue weighted by molar-refractivity contribution is 5.79. The Morgan fingerprint density at radius 1 is 1.29 bits per heavy atom. The van der Waals surface area contributed by atoms with Crippen molar-refractivity contribution in [2.75, 3.05) is 19.7 Å². The lowest BCUT2D eigenvalue weighted by Crippen LogP contribution is -2.40. The first-order chi connectivity index (χ1) is 9.99. The number of rotatable bonds is 4. The maximum Gasteiger partial charge on any atom is 0.227 e. The molecule has 0 saturated carbocycles. The molecule has 0 bridgehead atoms. The first kappa shape index (κ1) is 15.5. The smallest absolute Gasteiger partial charge is 0.227 e. The van der Waals surface area contributed by atoms with Crippen LogP contribution in [0.2, 0.25) is 0 Å². The zero-order valence-corrected chi connectivity index (χ0v) is 12.5. The highest BCUT2D eigenvalue weighted by Crippen LogP contribution is 2.18. The second kappa shape index (κ2) is 6.72. The van der Waals surface area contributed by atoms with E-state index in [1.807, 2.05) is 31.2 Å². The molecule has 114 valence electrons. The van der Waals surface area contributed by atoms with E-state index < -0.39 is 0 Å². The van der Waals surface area contributed by atoms with Crippen LogP contribution in [0, 0.1) is 12.8 Å². The molecule has 2 amide bonds. The van der Waals surface area contributed by atoms with Gasteiger partial charge in [-0.25, -0.2) is 0 Å². The molecule has 5 heteroatoms. The van der Waals surface area contributed by atoms with E-state index in [1.165, 1.54) is 12.5 Å². The van der Waals surface area contributed by atoms with E-state index in [0.717, 1.165) is 5.56 Å². The summed E-state index contributed by atoms with van der Waals surface area (Å²) in [5.41, 5.74) is 2.15. The van der Waals surface area contributed by atoms with Gasteiger partial charge in [0.1, 0.15) is 0 Å². The number of benzene rings is 1. The minimum Gasteiger partial charge on any atom is -0.396 e. The van der Waals surface area contributed by atoms with Crippen LogP contribution in [0.25, 0.3) is 0 Å². The Kier molecular flexibility index (Phi) is 4.96. The number of aliphatic hydroxyl groups is 1. The largest absolute Gasteiger partial charge is 0.396 e. The Bertz CT molecular complexity index is 513. The molecule has 1 aromatic carbocycles. The monoisotopic (exact) mass is 290 g/mol. The number of likely N-dealkylation sites (tertiary alicyclic amines) is 1. The van der Waals surface area contributed by atoms with E-state index in [-0.39, 0.29) is 30.4 Å². The van der Waals surface area contributed by atoms with Crippen molar-refractivity contribution in [3.05, 3.63) is 35.4 Å². The summed E-state index contributed by atoms with van der Waals surface area (Å²) in [7, 11) is 0. The molecular formula is C16H22N2O3. The molecule has 1 aliphatic heterocycles. The predicted molar refractivity (Wildman–Crippen MR) is 79.6 cm³/mol. The van der Waals surface area contributed by atoms with Gasteiger partial charge in [-0.2, -0.15) is 0 Å². The number of hydrogen-bond acceptors (Lipinski definition) is 3. The summed E-state index contributed by atoms with van der Waals surface area (Å²) < 4.78 is 0. The average Bonchev–Trinajstić information content (AvgIpc) is 2.83. The first-order valence-electron chi connectivity index (χ1n) is 7.21. The molecule has 2 atom stereocenters. The van der Waals surface area contributed by atoms with E-state index in [0.29, 0.717) is 19.5 Å². The Labute approximate surface area is 125 Å². The normalized spacial score (nSPS) is 21.4. The highest BCUT2D eigenvalue weighted by Gasteiger charge is 2.35. The number of amides is 2. The third-order valence-corrected chi connectivity index (χ3v) is 3.89. The second-order valence-corrected chi connectivity index (χ2v) is 5.71. The van der Waals surface area contributed by atoms with Gasteiger partial charge in [0.15, 0.2) is 0 Å². The summed E-state index contributed by atoms with van der Waals surface area (Å²) >= 11 is 0. The fourth-order valence-corrected chi connectivity index (χ4v) is 2.68. The minimum absolute atomic E-state index is 0.0285. The molecule has 0 aliphatic carbocycles. The van der Waals surface area contributed by atoms with Gasteiger partial charge in [-0.15, -0.1) is 0 Å². The number of aliphatic hydroxyl groups excluding tert-OH is 1. The number of nitrogens with one attached hydrogen (secondary N) is 1. The van der Waals surface area contributed by atoms with Crippen LogP contribution in [0.3, 0.4) is 0 Å². The molecule has 21 heavy (non-hydrogen) atoms. The van der Waals surface area contributed by atoms with Crippen LogP contribution in [0.1, 0.15) is 18.1 Å². The quantitative estimate of drug-likeness (QED) is 0.848. The van der Waals surface area contributed by atoms with Gasteiger partial charge in [-0.05, 0) is 12.5 Å². The molecular weight excluding hydrogens is 268 g/mol. The van der Waals surface area contributed by atoms with Crippen molar-refractivity contribution in [2.24, 2.45) is 5.92 Å². The Hall–Kier alpha value is -1.88. The predicted octanol–water partition coefficient (Wildman–Crippen LogP) is 0.493. The fraction of sp³-hybridized carbons (Fsp3) is 0.500. The zero-order valence-electron chi connectivity index (χ0n) is 12.5. The fourth-order valence-electron chi connectivity index (χ4n) is 2.68. The van der Waals surface area contributed by atoms with Gasteiger partial charge in [-0.1, -0.05) is 29.8 Å². The van der Waals surface area contributed by atoms with E-state index in [9.17, 15) is 14.7 Å². The van der Waals surface area contributed by atoms with Crippen molar-refractivity contribution >= 4 is 11.8 Å². The van der Waals surface area contributed by atoms with Crippen molar-refractivity contribution < 1.29 is 14.7 Å². The van der Waals surface area contributed by atoms with Crippen molar-refractivity contribution in [1.29, 1.82) is 0 Å². The van der Waals surface area contributed by atoms with Gasteiger partial charge in [0.2, 0.25) is 11.8 Å². The number of hydrogen-bond donors (Lipinski definition) is 2. The molecule has 0 unspecified atom stereocenters. The van der Waals surface area contributed by atoms with Crippen LogP contribution >= 0.6 is 0 Å². The summed E-state index contributed by atoms with van der Waals surface area (Å²) in [5, 5.41) is 12.2. The van der Waals surface area contributed by atoms with Crippen molar-refractivity contribution in [1.82, 2.24) is 10.2 Å². The topological polar surface area (TPSA) is 69.6 Å². The Balaban J connectivity index is 1.97. The summed E-state index contributed by atoms with van der Waals surface area (Å²) in [6.07, 6.45) is 0.352. The van der Waals surface area contributed by atoms with Gasteiger partial charge >= 0.3 is 0 Å². The Morgan fingerprint density at radius 3 is 2.52 bits per heavy atom. The summed E-state index contributed by atoms with van der Waals surface area (Å²) in [5.74, 6) is -0.188. The number of carbonyl (C=O) groups is 2. The van der Waals surface area contributed by atoms with Crippen LogP contribution < -0.4 is 5.32 Å². The van der Waals surface area contributed by atoms with Crippen molar-refractivity contribution in [3.8, 4) is 0 Å². The second-order valence-electron chi connectivity index (χ2n) is 5.71. The number of aryl methyl sites for hydroxylation is 1. The number of nitrogens with zero attached hydrogens (tertiary/aromatic N) is 1. The molecule has 2 N–H and O–H groups in total. The SMILES string of the molecule is CC(=O)N[C@@H]1CN(C(=O)Cc2ccc(C)cc2)C[C@H]1CO. The molecule has 0 radical (unpaired) electrons. The van der Waals surface area contributed by atoms with E-state index in [4.69, 9.17) is 0 Å². The summed E-state index contributed by atoms with van der Waals surface area (Å²) in [4.78, 5) is 25.2. The molecule has 2 rings (SSSR count). The molecule has 0 aromatic heterocycles. The maximum atomic E-state index is 12.3. The van der Waals surface area contributed by atoms with Gasteiger partial charge in [0.25, 0.3) is 0 Å². The lowest BCUT2D eigenvalue weighted by Gasteiger charge is -2.17. The van der Waals surface area contributed by atoms with Crippen LogP contribution in [-0.4, -0.2) is 47.6 Å².